The van der Waals surface area contributed by atoms with Gasteiger partial charge in [0.05, 0.1) is 0 Å². The molecule has 0 aliphatic heterocycles. The van der Waals surface area contributed by atoms with E-state index >= 15 is 0 Å². The van der Waals surface area contributed by atoms with Gasteiger partial charge in [0.15, 0.2) is 0 Å². The SMILES string of the molecule is N=C(N)c1csc2c1CCCC2. The van der Waals surface area contributed by atoms with Crippen LogP contribution in [0.5, 0.6) is 0 Å². The van der Waals surface area contributed by atoms with E-state index in [4.69, 9.17) is 11.1 Å². The third-order valence-corrected chi connectivity index (χ3v) is 3.44. The van der Waals surface area contributed by atoms with E-state index < -0.39 is 0 Å². The Bertz CT molecular complexity index is 314. The second-order valence-electron chi connectivity index (χ2n) is 3.17. The number of nitrogens with one attached hydrogen (secondary N) is 1. The molecule has 1 heterocycles. The fourth-order valence-electron chi connectivity index (χ4n) is 1.72. The standard InChI is InChI=1S/C9H12N2S/c10-9(11)7-5-12-8-4-2-1-3-6(7)8/h5H,1-4H2,(H3,10,11). The molecule has 1 aromatic rings. The summed E-state index contributed by atoms with van der Waals surface area (Å²) in [6, 6.07) is 0. The number of amidine groups is 1. The highest BCUT2D eigenvalue weighted by Gasteiger charge is 2.16. The summed E-state index contributed by atoms with van der Waals surface area (Å²) in [5, 5.41) is 9.40. The molecule has 0 radical (unpaired) electrons. The van der Waals surface area contributed by atoms with Crippen molar-refractivity contribution in [2.24, 2.45) is 5.73 Å². The van der Waals surface area contributed by atoms with Gasteiger partial charge in [-0.3, -0.25) is 5.41 Å². The van der Waals surface area contributed by atoms with Crippen molar-refractivity contribution in [3.63, 3.8) is 0 Å². The fraction of sp³-hybridized carbons (Fsp3) is 0.444. The predicted molar refractivity (Wildman–Crippen MR) is 52.0 cm³/mol. The van der Waals surface area contributed by atoms with Crippen LogP contribution in [0.3, 0.4) is 0 Å². The van der Waals surface area contributed by atoms with Crippen LogP contribution in [0.4, 0.5) is 0 Å². The van der Waals surface area contributed by atoms with Crippen molar-refractivity contribution in [1.29, 1.82) is 5.41 Å². The lowest BCUT2D eigenvalue weighted by Gasteiger charge is -2.11. The molecule has 0 aromatic carbocycles. The Balaban J connectivity index is 2.44. The molecule has 3 heteroatoms. The van der Waals surface area contributed by atoms with Crippen molar-refractivity contribution >= 4 is 17.2 Å². The molecule has 0 saturated carbocycles. The number of hydrogen-bond acceptors (Lipinski definition) is 2. The molecular formula is C9H12N2S. The van der Waals surface area contributed by atoms with Gasteiger partial charge in [-0.1, -0.05) is 0 Å². The van der Waals surface area contributed by atoms with Crippen molar-refractivity contribution in [3.05, 3.63) is 21.4 Å². The molecule has 12 heavy (non-hydrogen) atoms. The van der Waals surface area contributed by atoms with Gasteiger partial charge in [0.1, 0.15) is 5.84 Å². The Morgan fingerprint density at radius 2 is 2.17 bits per heavy atom. The van der Waals surface area contributed by atoms with Gasteiger partial charge in [-0.05, 0) is 31.2 Å². The summed E-state index contributed by atoms with van der Waals surface area (Å²) in [5.74, 6) is 0.231. The highest BCUT2D eigenvalue weighted by molar-refractivity contribution is 7.10. The highest BCUT2D eigenvalue weighted by atomic mass is 32.1. The molecule has 2 nitrogen and oxygen atoms in total. The largest absolute Gasteiger partial charge is 0.384 e. The summed E-state index contributed by atoms with van der Waals surface area (Å²) in [4.78, 5) is 1.45. The van der Waals surface area contributed by atoms with Gasteiger partial charge >= 0.3 is 0 Å². The topological polar surface area (TPSA) is 49.9 Å². The van der Waals surface area contributed by atoms with Crippen molar-refractivity contribution in [2.75, 3.05) is 0 Å². The summed E-state index contributed by atoms with van der Waals surface area (Å²) in [6.45, 7) is 0. The quantitative estimate of drug-likeness (QED) is 0.503. The second-order valence-corrected chi connectivity index (χ2v) is 4.14. The average molecular weight is 180 g/mol. The third kappa shape index (κ3) is 1.14. The maximum atomic E-state index is 7.38. The molecule has 0 spiro atoms. The molecule has 64 valence electrons. The summed E-state index contributed by atoms with van der Waals surface area (Å²) in [6.07, 6.45) is 4.86. The van der Waals surface area contributed by atoms with Crippen LogP contribution in [0, 0.1) is 5.41 Å². The van der Waals surface area contributed by atoms with Crippen LogP contribution in [-0.4, -0.2) is 5.84 Å². The van der Waals surface area contributed by atoms with E-state index in [-0.39, 0.29) is 5.84 Å². The van der Waals surface area contributed by atoms with Crippen molar-refractivity contribution in [3.8, 4) is 0 Å². The normalized spacial score (nSPS) is 15.7. The smallest absolute Gasteiger partial charge is 0.123 e. The lowest BCUT2D eigenvalue weighted by Crippen LogP contribution is -2.13. The first-order valence-electron chi connectivity index (χ1n) is 4.22. The number of nitrogens with two attached hydrogens (primary N) is 1. The minimum atomic E-state index is 0.231. The van der Waals surface area contributed by atoms with Crippen LogP contribution in [0.2, 0.25) is 0 Å². The Hall–Kier alpha value is -0.830. The van der Waals surface area contributed by atoms with Crippen molar-refractivity contribution in [2.45, 2.75) is 25.7 Å². The summed E-state index contributed by atoms with van der Waals surface area (Å²) in [5.41, 5.74) is 7.80. The number of fused-ring (bicyclic) bond motifs is 1. The maximum absolute atomic E-state index is 7.38. The predicted octanol–water partition coefficient (Wildman–Crippen LogP) is 1.91. The van der Waals surface area contributed by atoms with Crippen molar-refractivity contribution in [1.82, 2.24) is 0 Å². The molecule has 1 aliphatic carbocycles. The van der Waals surface area contributed by atoms with Gasteiger partial charge in [-0.25, -0.2) is 0 Å². The molecule has 0 fully saturated rings. The van der Waals surface area contributed by atoms with Crippen LogP contribution < -0.4 is 5.73 Å². The van der Waals surface area contributed by atoms with E-state index in [1.165, 1.54) is 29.7 Å². The van der Waals surface area contributed by atoms with Crippen LogP contribution in [-0.2, 0) is 12.8 Å². The first-order valence-corrected chi connectivity index (χ1v) is 5.10. The zero-order chi connectivity index (χ0) is 8.55. The lowest BCUT2D eigenvalue weighted by atomic mass is 9.96. The van der Waals surface area contributed by atoms with E-state index in [1.54, 1.807) is 11.3 Å². The Labute approximate surface area is 75.9 Å². The van der Waals surface area contributed by atoms with E-state index in [9.17, 15) is 0 Å². The number of aryl methyl sites for hydroxylation is 1. The molecule has 0 amide bonds. The molecule has 0 atom stereocenters. The van der Waals surface area contributed by atoms with Gasteiger partial charge in [0, 0.05) is 15.8 Å². The minimum absolute atomic E-state index is 0.231. The Morgan fingerprint density at radius 1 is 1.42 bits per heavy atom. The number of rotatable bonds is 1. The van der Waals surface area contributed by atoms with E-state index in [0.29, 0.717) is 0 Å². The zero-order valence-electron chi connectivity index (χ0n) is 6.89. The molecule has 0 saturated heterocycles. The lowest BCUT2D eigenvalue weighted by molar-refractivity contribution is 0.696. The summed E-state index contributed by atoms with van der Waals surface area (Å²) in [7, 11) is 0. The first kappa shape index (κ1) is 7.80. The van der Waals surface area contributed by atoms with Crippen molar-refractivity contribution < 1.29 is 0 Å². The van der Waals surface area contributed by atoms with Crippen LogP contribution in [0.25, 0.3) is 0 Å². The molecular weight excluding hydrogens is 168 g/mol. The van der Waals surface area contributed by atoms with Gasteiger partial charge < -0.3 is 5.73 Å². The first-order chi connectivity index (χ1) is 5.79. The van der Waals surface area contributed by atoms with Gasteiger partial charge in [-0.2, -0.15) is 0 Å². The average Bonchev–Trinajstić information content (AvgIpc) is 2.47. The Kier molecular flexibility index (Phi) is 1.89. The van der Waals surface area contributed by atoms with E-state index in [1.807, 2.05) is 5.38 Å². The summed E-state index contributed by atoms with van der Waals surface area (Å²) >= 11 is 1.76. The minimum Gasteiger partial charge on any atom is -0.384 e. The second kappa shape index (κ2) is 2.90. The highest BCUT2D eigenvalue weighted by Crippen LogP contribution is 2.29. The third-order valence-electron chi connectivity index (χ3n) is 2.35. The molecule has 0 unspecified atom stereocenters. The maximum Gasteiger partial charge on any atom is 0.123 e. The summed E-state index contributed by atoms with van der Waals surface area (Å²) < 4.78 is 0. The molecule has 1 aliphatic rings. The fourth-order valence-corrected chi connectivity index (χ4v) is 2.87. The number of nitrogen functional groups attached to an aromatic ring is 1. The number of hydrogen-bond donors (Lipinski definition) is 2. The van der Waals surface area contributed by atoms with Crippen LogP contribution in [0.1, 0.15) is 28.8 Å². The monoisotopic (exact) mass is 180 g/mol. The van der Waals surface area contributed by atoms with Gasteiger partial charge in [0.25, 0.3) is 0 Å². The zero-order valence-corrected chi connectivity index (χ0v) is 7.71. The molecule has 3 N–H and O–H groups in total. The molecule has 1 aromatic heterocycles. The van der Waals surface area contributed by atoms with Crippen LogP contribution in [0.15, 0.2) is 5.38 Å². The van der Waals surface area contributed by atoms with Crippen LogP contribution >= 0.6 is 11.3 Å². The van der Waals surface area contributed by atoms with Gasteiger partial charge in [0.2, 0.25) is 0 Å². The Morgan fingerprint density at radius 3 is 2.92 bits per heavy atom. The number of thiophene rings is 1. The van der Waals surface area contributed by atoms with Gasteiger partial charge in [-0.15, -0.1) is 11.3 Å². The van der Waals surface area contributed by atoms with E-state index in [2.05, 4.69) is 0 Å². The molecule has 2 rings (SSSR count). The molecule has 0 bridgehead atoms. The van der Waals surface area contributed by atoms with E-state index in [0.717, 1.165) is 12.0 Å².